The van der Waals surface area contributed by atoms with Crippen LogP contribution < -0.4 is 5.73 Å². The number of hydrogen-bond acceptors (Lipinski definition) is 3. The summed E-state index contributed by atoms with van der Waals surface area (Å²) in [6.07, 6.45) is 1.23. The summed E-state index contributed by atoms with van der Waals surface area (Å²) in [5.74, 6) is 0. The van der Waals surface area contributed by atoms with Crippen molar-refractivity contribution in [3.05, 3.63) is 11.1 Å². The lowest BCUT2D eigenvalue weighted by atomic mass is 11.0. The van der Waals surface area contributed by atoms with E-state index in [0.29, 0.717) is 0 Å². The average Bonchev–Trinajstić information content (AvgIpc) is 2.14. The van der Waals surface area contributed by atoms with Crippen LogP contribution in [0, 0.1) is 4.77 Å². The highest BCUT2D eigenvalue weighted by molar-refractivity contribution is 7.71. The largest absolute Gasteiger partial charge is 0.350 e. The molecule has 1 aromatic heterocycles. The first-order valence-corrected chi connectivity index (χ1v) is 2.54. The summed E-state index contributed by atoms with van der Waals surface area (Å²) in [7, 11) is 0. The number of carbonyl (C=O) groups is 1. The van der Waals surface area contributed by atoms with Crippen LogP contribution in [0.2, 0.25) is 0 Å². The van der Waals surface area contributed by atoms with Crippen molar-refractivity contribution >= 4 is 18.2 Å². The van der Waals surface area contributed by atoms with Crippen molar-refractivity contribution < 1.29 is 4.79 Å². The van der Waals surface area contributed by atoms with E-state index in [4.69, 9.17) is 5.73 Å². The lowest BCUT2D eigenvalue weighted by molar-refractivity contribution is 0.247. The van der Waals surface area contributed by atoms with Crippen LogP contribution in [0.15, 0.2) is 6.33 Å². The lowest BCUT2D eigenvalue weighted by Crippen LogP contribution is -2.19. The van der Waals surface area contributed by atoms with E-state index in [-0.39, 0.29) is 4.77 Å². The quantitative estimate of drug-likeness (QED) is 0.498. The van der Waals surface area contributed by atoms with Crippen molar-refractivity contribution in [1.82, 2.24) is 14.8 Å². The second-order valence-corrected chi connectivity index (χ2v) is 1.76. The lowest BCUT2D eigenvalue weighted by Gasteiger charge is -1.87. The highest BCUT2D eigenvalue weighted by Gasteiger charge is 1.93. The second-order valence-electron chi connectivity index (χ2n) is 1.37. The maximum atomic E-state index is 10.3. The van der Waals surface area contributed by atoms with Gasteiger partial charge in [0, 0.05) is 0 Å². The Balaban J connectivity index is 3.12. The van der Waals surface area contributed by atoms with Gasteiger partial charge in [0.15, 0.2) is 0 Å². The highest BCUT2D eigenvalue weighted by atomic mass is 32.1. The molecule has 0 spiro atoms. The fourth-order valence-corrected chi connectivity index (χ4v) is 0.528. The molecule has 0 unspecified atom stereocenters. The van der Waals surface area contributed by atoms with Crippen LogP contribution in [-0.2, 0) is 0 Å². The zero-order valence-electron chi connectivity index (χ0n) is 4.37. The number of nitrogens with two attached hydrogens (primary N) is 1. The maximum Gasteiger partial charge on any atom is 0.339 e. The molecule has 1 amide bonds. The number of amides is 1. The molecule has 0 atom stereocenters. The van der Waals surface area contributed by atoms with Gasteiger partial charge in [-0.05, 0) is 12.2 Å². The number of rotatable bonds is 0. The molecule has 3 N–H and O–H groups in total. The zero-order chi connectivity index (χ0) is 6.85. The van der Waals surface area contributed by atoms with Crippen LogP contribution in [0.25, 0.3) is 0 Å². The number of nitrogens with zero attached hydrogens (tertiary/aromatic N) is 2. The van der Waals surface area contributed by atoms with Crippen molar-refractivity contribution in [2.75, 3.05) is 0 Å². The third-order valence-electron chi connectivity index (χ3n) is 0.744. The first-order valence-electron chi connectivity index (χ1n) is 2.13. The summed E-state index contributed by atoms with van der Waals surface area (Å²) >= 11 is 4.56. The molecule has 0 saturated heterocycles. The summed E-state index contributed by atoms with van der Waals surface area (Å²) in [5, 5.41) is 2.42. The van der Waals surface area contributed by atoms with Gasteiger partial charge in [-0.3, -0.25) is 5.10 Å². The number of hydrogen-bond donors (Lipinski definition) is 2. The van der Waals surface area contributed by atoms with Crippen LogP contribution in [0.5, 0.6) is 0 Å². The molecule has 0 saturated carbocycles. The van der Waals surface area contributed by atoms with Gasteiger partial charge in [-0.1, -0.05) is 0 Å². The third-order valence-corrected chi connectivity index (χ3v) is 0.941. The number of carbonyl (C=O) groups excluding carboxylic acids is 1. The molecule has 0 fully saturated rings. The van der Waals surface area contributed by atoms with Crippen LogP contribution in [-0.4, -0.2) is 20.8 Å². The molecule has 48 valence electrons. The molecule has 9 heavy (non-hydrogen) atoms. The normalized spacial score (nSPS) is 9.33. The molecule has 1 heterocycles. The van der Waals surface area contributed by atoms with Gasteiger partial charge in [-0.15, -0.1) is 0 Å². The van der Waals surface area contributed by atoms with Gasteiger partial charge in [0.25, 0.3) is 0 Å². The third kappa shape index (κ3) is 1.14. The molecular weight excluding hydrogens is 140 g/mol. The molecular formula is C3H4N4OS. The van der Waals surface area contributed by atoms with E-state index < -0.39 is 6.03 Å². The first kappa shape index (κ1) is 5.96. The van der Waals surface area contributed by atoms with E-state index in [1.54, 1.807) is 0 Å². The van der Waals surface area contributed by atoms with Gasteiger partial charge < -0.3 is 5.73 Å². The minimum absolute atomic E-state index is 0.244. The van der Waals surface area contributed by atoms with Gasteiger partial charge in [0.2, 0.25) is 4.77 Å². The summed E-state index contributed by atoms with van der Waals surface area (Å²) in [6, 6.07) is -0.626. The monoisotopic (exact) mass is 144 g/mol. The Labute approximate surface area is 55.5 Å². The van der Waals surface area contributed by atoms with Crippen molar-refractivity contribution in [2.45, 2.75) is 0 Å². The van der Waals surface area contributed by atoms with Gasteiger partial charge in [0.05, 0.1) is 0 Å². The first-order chi connectivity index (χ1) is 4.20. The van der Waals surface area contributed by atoms with Crippen molar-refractivity contribution in [2.24, 2.45) is 5.73 Å². The number of aromatic nitrogens is 3. The van der Waals surface area contributed by atoms with Crippen molar-refractivity contribution in [3.8, 4) is 0 Å². The summed E-state index contributed by atoms with van der Waals surface area (Å²) < 4.78 is 1.25. The Kier molecular flexibility index (Phi) is 1.31. The van der Waals surface area contributed by atoms with E-state index >= 15 is 0 Å². The molecule has 1 rings (SSSR count). The summed E-state index contributed by atoms with van der Waals surface area (Å²) in [4.78, 5) is 13.8. The fraction of sp³-hybridized carbons (Fsp3) is 0. The van der Waals surface area contributed by atoms with Gasteiger partial charge in [0.1, 0.15) is 6.33 Å². The SMILES string of the molecule is NC(=O)n1cnc(=S)[nH]1. The zero-order valence-corrected chi connectivity index (χ0v) is 5.18. The molecule has 6 heteroatoms. The predicted octanol–water partition coefficient (Wildman–Crippen LogP) is -0.133. The number of nitrogens with one attached hydrogen (secondary N) is 1. The summed E-state index contributed by atoms with van der Waals surface area (Å²) in [6.45, 7) is 0. The van der Waals surface area contributed by atoms with Gasteiger partial charge >= 0.3 is 6.03 Å². The molecule has 0 aliphatic carbocycles. The van der Waals surface area contributed by atoms with E-state index in [1.165, 1.54) is 6.33 Å². The van der Waals surface area contributed by atoms with Crippen LogP contribution in [0.3, 0.4) is 0 Å². The molecule has 1 aromatic rings. The van der Waals surface area contributed by atoms with E-state index in [2.05, 4.69) is 22.3 Å². The molecule has 0 aliphatic rings. The van der Waals surface area contributed by atoms with Crippen molar-refractivity contribution in [3.63, 3.8) is 0 Å². The minimum Gasteiger partial charge on any atom is -0.350 e. The summed E-state index contributed by atoms with van der Waals surface area (Å²) in [5.41, 5.74) is 4.83. The van der Waals surface area contributed by atoms with Crippen LogP contribution >= 0.6 is 12.2 Å². The minimum atomic E-state index is -0.626. The Morgan fingerprint density at radius 3 is 2.89 bits per heavy atom. The average molecular weight is 144 g/mol. The highest BCUT2D eigenvalue weighted by Crippen LogP contribution is 1.78. The van der Waals surface area contributed by atoms with E-state index in [1.807, 2.05) is 0 Å². The standard InChI is InChI=1S/C3H4N4OS/c4-2(8)7-1-5-3(9)6-7/h1H,(H2,4,8)(H,6,9). The smallest absolute Gasteiger partial charge is 0.339 e. The van der Waals surface area contributed by atoms with Crippen LogP contribution in [0.1, 0.15) is 0 Å². The Hall–Kier alpha value is -1.17. The Morgan fingerprint density at radius 2 is 2.67 bits per heavy atom. The van der Waals surface area contributed by atoms with Crippen molar-refractivity contribution in [1.29, 1.82) is 0 Å². The topological polar surface area (TPSA) is 76.7 Å². The van der Waals surface area contributed by atoms with Gasteiger partial charge in [-0.25, -0.2) is 9.78 Å². The Bertz CT molecular complexity index is 273. The predicted molar refractivity (Wildman–Crippen MR) is 32.4 cm³/mol. The molecule has 5 nitrogen and oxygen atoms in total. The molecule has 0 bridgehead atoms. The molecule has 0 aromatic carbocycles. The van der Waals surface area contributed by atoms with Gasteiger partial charge in [-0.2, -0.15) is 4.68 Å². The molecule has 0 radical (unpaired) electrons. The van der Waals surface area contributed by atoms with E-state index in [0.717, 1.165) is 4.68 Å². The number of H-pyrrole nitrogens is 1. The van der Waals surface area contributed by atoms with E-state index in [9.17, 15) is 4.79 Å². The fourth-order valence-electron chi connectivity index (χ4n) is 0.383. The number of primary amides is 1. The molecule has 0 aliphatic heterocycles. The maximum absolute atomic E-state index is 10.3. The Morgan fingerprint density at radius 1 is 2.00 bits per heavy atom. The van der Waals surface area contributed by atoms with Crippen LogP contribution in [0.4, 0.5) is 4.79 Å². The second kappa shape index (κ2) is 1.98. The number of aromatic amines is 1.